The van der Waals surface area contributed by atoms with Gasteiger partial charge in [-0.2, -0.15) is 0 Å². The highest BCUT2D eigenvalue weighted by molar-refractivity contribution is 5.35. The summed E-state index contributed by atoms with van der Waals surface area (Å²) in [4.78, 5) is 2.30. The average molecular weight is 238 g/mol. The number of aromatic hydroxyl groups is 1. The molecule has 0 aromatic heterocycles. The van der Waals surface area contributed by atoms with E-state index in [1.807, 2.05) is 14.0 Å². The Morgan fingerprint density at radius 1 is 1.53 bits per heavy atom. The standard InChI is InChI=1S/C13H19FN2O/c1-9(16-6-5-11(8-16)15-2)12-4-3-10(14)7-13(12)17/h3-4,7,9,11,15,17H,5-6,8H2,1-2H3. The maximum Gasteiger partial charge on any atom is 0.126 e. The Kier molecular flexibility index (Phi) is 3.64. The quantitative estimate of drug-likeness (QED) is 0.844. The van der Waals surface area contributed by atoms with E-state index in [1.165, 1.54) is 12.1 Å². The van der Waals surface area contributed by atoms with Gasteiger partial charge in [0.15, 0.2) is 0 Å². The molecule has 1 heterocycles. The van der Waals surface area contributed by atoms with Crippen LogP contribution in [0.3, 0.4) is 0 Å². The molecule has 17 heavy (non-hydrogen) atoms. The first-order valence-electron chi connectivity index (χ1n) is 6.01. The second-order valence-electron chi connectivity index (χ2n) is 4.65. The predicted octanol–water partition coefficient (Wildman–Crippen LogP) is 1.89. The Balaban J connectivity index is 2.12. The van der Waals surface area contributed by atoms with Crippen LogP contribution in [0.2, 0.25) is 0 Å². The molecule has 0 bridgehead atoms. The number of hydrogen-bond donors (Lipinski definition) is 2. The molecule has 1 aliphatic rings. The Bertz CT molecular complexity index is 397. The lowest BCUT2D eigenvalue weighted by Crippen LogP contribution is -2.31. The van der Waals surface area contributed by atoms with Crippen LogP contribution in [0.4, 0.5) is 4.39 Å². The summed E-state index contributed by atoms with van der Waals surface area (Å²) in [5.41, 5.74) is 0.795. The van der Waals surface area contributed by atoms with Crippen molar-refractivity contribution in [2.45, 2.75) is 25.4 Å². The summed E-state index contributed by atoms with van der Waals surface area (Å²) >= 11 is 0. The molecule has 0 spiro atoms. The highest BCUT2D eigenvalue weighted by Gasteiger charge is 2.26. The van der Waals surface area contributed by atoms with Gasteiger partial charge < -0.3 is 10.4 Å². The number of benzene rings is 1. The number of halogens is 1. The monoisotopic (exact) mass is 238 g/mol. The molecule has 2 rings (SSSR count). The van der Waals surface area contributed by atoms with Gasteiger partial charge in [0.1, 0.15) is 11.6 Å². The average Bonchev–Trinajstić information content (AvgIpc) is 2.76. The number of phenols is 1. The smallest absolute Gasteiger partial charge is 0.126 e. The van der Waals surface area contributed by atoms with Crippen LogP contribution >= 0.6 is 0 Å². The lowest BCUT2D eigenvalue weighted by atomic mass is 10.1. The van der Waals surface area contributed by atoms with Gasteiger partial charge in [-0.1, -0.05) is 6.07 Å². The van der Waals surface area contributed by atoms with E-state index in [0.29, 0.717) is 6.04 Å². The molecular formula is C13H19FN2O. The summed E-state index contributed by atoms with van der Waals surface area (Å²) in [6.45, 7) is 4.02. The molecule has 2 atom stereocenters. The van der Waals surface area contributed by atoms with E-state index in [-0.39, 0.29) is 11.8 Å². The second-order valence-corrected chi connectivity index (χ2v) is 4.65. The van der Waals surface area contributed by atoms with E-state index < -0.39 is 5.82 Å². The maximum absolute atomic E-state index is 12.9. The van der Waals surface area contributed by atoms with Crippen LogP contribution in [-0.2, 0) is 0 Å². The summed E-state index contributed by atoms with van der Waals surface area (Å²) in [5.74, 6) is -0.349. The zero-order chi connectivity index (χ0) is 12.4. The van der Waals surface area contributed by atoms with Crippen molar-refractivity contribution in [2.75, 3.05) is 20.1 Å². The zero-order valence-electron chi connectivity index (χ0n) is 10.3. The highest BCUT2D eigenvalue weighted by Crippen LogP contribution is 2.31. The third-order valence-corrected chi connectivity index (χ3v) is 3.62. The van der Waals surface area contributed by atoms with Crippen molar-refractivity contribution in [3.63, 3.8) is 0 Å². The van der Waals surface area contributed by atoms with Crippen molar-refractivity contribution < 1.29 is 9.50 Å². The van der Waals surface area contributed by atoms with Crippen molar-refractivity contribution in [3.05, 3.63) is 29.6 Å². The van der Waals surface area contributed by atoms with Gasteiger partial charge in [-0.25, -0.2) is 4.39 Å². The van der Waals surface area contributed by atoms with E-state index in [9.17, 15) is 9.50 Å². The van der Waals surface area contributed by atoms with Gasteiger partial charge in [0.05, 0.1) is 0 Å². The summed E-state index contributed by atoms with van der Waals surface area (Å²) in [5, 5.41) is 13.0. The predicted molar refractivity (Wildman–Crippen MR) is 65.5 cm³/mol. The molecule has 1 fully saturated rings. The van der Waals surface area contributed by atoms with Crippen LogP contribution in [0.15, 0.2) is 18.2 Å². The fourth-order valence-electron chi connectivity index (χ4n) is 2.44. The summed E-state index contributed by atoms with van der Waals surface area (Å²) in [6.07, 6.45) is 1.11. The van der Waals surface area contributed by atoms with Gasteiger partial charge in [0.25, 0.3) is 0 Å². The van der Waals surface area contributed by atoms with Crippen LogP contribution in [-0.4, -0.2) is 36.2 Å². The number of hydrogen-bond acceptors (Lipinski definition) is 3. The Hall–Kier alpha value is -1.13. The van der Waals surface area contributed by atoms with Gasteiger partial charge in [-0.3, -0.25) is 4.90 Å². The number of nitrogens with zero attached hydrogens (tertiary/aromatic N) is 1. The van der Waals surface area contributed by atoms with E-state index in [1.54, 1.807) is 6.07 Å². The van der Waals surface area contributed by atoms with Crippen LogP contribution in [0.25, 0.3) is 0 Å². The fourth-order valence-corrected chi connectivity index (χ4v) is 2.44. The molecule has 2 N–H and O–H groups in total. The first-order chi connectivity index (χ1) is 8.11. The molecule has 1 saturated heterocycles. The molecule has 4 heteroatoms. The molecule has 0 radical (unpaired) electrons. The van der Waals surface area contributed by atoms with Crippen molar-refractivity contribution >= 4 is 0 Å². The van der Waals surface area contributed by atoms with Gasteiger partial charge in [0.2, 0.25) is 0 Å². The van der Waals surface area contributed by atoms with E-state index in [0.717, 1.165) is 25.1 Å². The van der Waals surface area contributed by atoms with E-state index >= 15 is 0 Å². The molecule has 94 valence electrons. The molecule has 1 aliphatic heterocycles. The number of likely N-dealkylation sites (tertiary alicyclic amines) is 1. The molecule has 2 unspecified atom stereocenters. The van der Waals surface area contributed by atoms with Crippen LogP contribution in [0.5, 0.6) is 5.75 Å². The van der Waals surface area contributed by atoms with Crippen molar-refractivity contribution in [3.8, 4) is 5.75 Å². The van der Waals surface area contributed by atoms with Gasteiger partial charge in [-0.05, 0) is 26.5 Å². The summed E-state index contributed by atoms with van der Waals surface area (Å²) < 4.78 is 12.9. The van der Waals surface area contributed by atoms with Crippen LogP contribution in [0.1, 0.15) is 24.9 Å². The lowest BCUT2D eigenvalue weighted by Gasteiger charge is -2.25. The zero-order valence-corrected chi connectivity index (χ0v) is 10.3. The fraction of sp³-hybridized carbons (Fsp3) is 0.538. The first-order valence-corrected chi connectivity index (χ1v) is 6.01. The van der Waals surface area contributed by atoms with Crippen LogP contribution in [0, 0.1) is 5.82 Å². The third-order valence-electron chi connectivity index (χ3n) is 3.62. The topological polar surface area (TPSA) is 35.5 Å². The van der Waals surface area contributed by atoms with Crippen molar-refractivity contribution in [1.29, 1.82) is 0 Å². The number of phenolic OH excluding ortho intramolecular Hbond substituents is 1. The first kappa shape index (κ1) is 12.3. The third kappa shape index (κ3) is 2.58. The minimum atomic E-state index is -0.395. The SMILES string of the molecule is CNC1CCN(C(C)c2ccc(F)cc2O)C1. The molecule has 0 saturated carbocycles. The Morgan fingerprint density at radius 2 is 2.29 bits per heavy atom. The number of rotatable bonds is 3. The number of nitrogens with one attached hydrogen (secondary N) is 1. The summed E-state index contributed by atoms with van der Waals surface area (Å²) in [6, 6.07) is 4.88. The van der Waals surface area contributed by atoms with Crippen molar-refractivity contribution in [1.82, 2.24) is 10.2 Å². The van der Waals surface area contributed by atoms with Gasteiger partial charge in [0, 0.05) is 36.8 Å². The van der Waals surface area contributed by atoms with E-state index in [2.05, 4.69) is 10.2 Å². The molecule has 1 aromatic carbocycles. The molecular weight excluding hydrogens is 219 g/mol. The lowest BCUT2D eigenvalue weighted by molar-refractivity contribution is 0.251. The Labute approximate surface area is 101 Å². The molecule has 3 nitrogen and oxygen atoms in total. The molecule has 0 aliphatic carbocycles. The Morgan fingerprint density at radius 3 is 2.88 bits per heavy atom. The van der Waals surface area contributed by atoms with Gasteiger partial charge in [-0.15, -0.1) is 0 Å². The summed E-state index contributed by atoms with van der Waals surface area (Å²) in [7, 11) is 1.97. The highest BCUT2D eigenvalue weighted by atomic mass is 19.1. The minimum Gasteiger partial charge on any atom is -0.508 e. The van der Waals surface area contributed by atoms with Crippen LogP contribution < -0.4 is 5.32 Å². The molecule has 1 aromatic rings. The number of likely N-dealkylation sites (N-methyl/N-ethyl adjacent to an activating group) is 1. The normalized spacial score (nSPS) is 22.9. The largest absolute Gasteiger partial charge is 0.508 e. The maximum atomic E-state index is 12.9. The van der Waals surface area contributed by atoms with E-state index in [4.69, 9.17) is 0 Å². The second kappa shape index (κ2) is 5.02. The van der Waals surface area contributed by atoms with Gasteiger partial charge >= 0.3 is 0 Å². The van der Waals surface area contributed by atoms with Crippen molar-refractivity contribution in [2.24, 2.45) is 0 Å². The molecule has 0 amide bonds. The minimum absolute atomic E-state index is 0.0467.